The smallest absolute Gasteiger partial charge is 0.0426 e. The molecule has 2 aromatic carbocycles. The quantitative estimate of drug-likeness (QED) is 0.755. The van der Waals surface area contributed by atoms with Gasteiger partial charge in [0.1, 0.15) is 0 Å². The highest BCUT2D eigenvalue weighted by atomic mass is 35.5. The molecular weight excluding hydrogens is 208 g/mol. The summed E-state index contributed by atoms with van der Waals surface area (Å²) in [6, 6.07) is 15.1. The van der Waals surface area contributed by atoms with Crippen LogP contribution >= 0.6 is 11.6 Å². The Balaban J connectivity index is 2.18. The number of nitrogens with one attached hydrogen (secondary N) is 1. The maximum Gasteiger partial charge on any atom is 0.0426 e. The van der Waals surface area contributed by atoms with Crippen LogP contribution in [0.2, 0.25) is 5.02 Å². The highest BCUT2D eigenvalue weighted by Gasteiger charge is 1.95. The Morgan fingerprint density at radius 1 is 0.933 bits per heavy atom. The van der Waals surface area contributed by atoms with Crippen LogP contribution in [0.5, 0.6) is 0 Å². The van der Waals surface area contributed by atoms with Gasteiger partial charge in [-0.25, -0.2) is 0 Å². The summed E-state index contributed by atoms with van der Waals surface area (Å²) in [5.41, 5.74) is 8.31. The monoisotopic (exact) mass is 218 g/mol. The number of benzene rings is 2. The molecule has 0 fully saturated rings. The van der Waals surface area contributed by atoms with Crippen molar-refractivity contribution in [2.45, 2.75) is 0 Å². The Labute approximate surface area is 93.7 Å². The van der Waals surface area contributed by atoms with Gasteiger partial charge in [-0.2, -0.15) is 0 Å². The SMILES string of the molecule is Nc1ccc(Nc2cccc(Cl)c2)cc1. The summed E-state index contributed by atoms with van der Waals surface area (Å²) >= 11 is 5.88. The third-order valence-electron chi connectivity index (χ3n) is 2.02. The number of rotatable bonds is 2. The molecule has 0 amide bonds. The zero-order valence-electron chi connectivity index (χ0n) is 8.07. The first-order valence-corrected chi connectivity index (χ1v) is 5.00. The van der Waals surface area contributed by atoms with Crippen molar-refractivity contribution in [1.29, 1.82) is 0 Å². The third kappa shape index (κ3) is 2.64. The van der Waals surface area contributed by atoms with Crippen molar-refractivity contribution < 1.29 is 0 Å². The molecule has 3 heteroatoms. The molecule has 2 aromatic rings. The fourth-order valence-electron chi connectivity index (χ4n) is 1.30. The minimum absolute atomic E-state index is 0.718. The lowest BCUT2D eigenvalue weighted by Gasteiger charge is -2.06. The molecule has 0 radical (unpaired) electrons. The Kier molecular flexibility index (Phi) is 2.79. The molecule has 2 nitrogen and oxygen atoms in total. The van der Waals surface area contributed by atoms with Crippen LogP contribution in [-0.4, -0.2) is 0 Å². The molecule has 0 aliphatic heterocycles. The van der Waals surface area contributed by atoms with Gasteiger partial charge in [0.15, 0.2) is 0 Å². The van der Waals surface area contributed by atoms with Gasteiger partial charge in [0.05, 0.1) is 0 Å². The van der Waals surface area contributed by atoms with E-state index in [1.165, 1.54) is 0 Å². The van der Waals surface area contributed by atoms with Gasteiger partial charge in [0, 0.05) is 22.1 Å². The lowest BCUT2D eigenvalue weighted by Crippen LogP contribution is -1.90. The predicted molar refractivity (Wildman–Crippen MR) is 65.6 cm³/mol. The first-order chi connectivity index (χ1) is 7.24. The van der Waals surface area contributed by atoms with E-state index < -0.39 is 0 Å². The molecule has 0 spiro atoms. The summed E-state index contributed by atoms with van der Waals surface area (Å²) in [5, 5.41) is 3.95. The average Bonchev–Trinajstić information content (AvgIpc) is 2.22. The van der Waals surface area contributed by atoms with Gasteiger partial charge in [-0.1, -0.05) is 17.7 Å². The van der Waals surface area contributed by atoms with Gasteiger partial charge in [-0.15, -0.1) is 0 Å². The summed E-state index contributed by atoms with van der Waals surface area (Å²) < 4.78 is 0. The van der Waals surface area contributed by atoms with Crippen molar-refractivity contribution in [3.05, 3.63) is 53.6 Å². The minimum Gasteiger partial charge on any atom is -0.399 e. The first kappa shape index (κ1) is 9.87. The van der Waals surface area contributed by atoms with Crippen LogP contribution in [0.25, 0.3) is 0 Å². The van der Waals surface area contributed by atoms with E-state index in [0.717, 1.165) is 22.1 Å². The van der Waals surface area contributed by atoms with Crippen LogP contribution in [0.15, 0.2) is 48.5 Å². The first-order valence-electron chi connectivity index (χ1n) is 4.62. The van der Waals surface area contributed by atoms with E-state index >= 15 is 0 Å². The second kappa shape index (κ2) is 4.24. The molecular formula is C12H11ClN2. The average molecular weight is 219 g/mol. The van der Waals surface area contributed by atoms with Crippen molar-refractivity contribution in [2.75, 3.05) is 11.1 Å². The fourth-order valence-corrected chi connectivity index (χ4v) is 1.49. The number of halogens is 1. The van der Waals surface area contributed by atoms with Crippen molar-refractivity contribution in [3.8, 4) is 0 Å². The molecule has 0 aliphatic carbocycles. The van der Waals surface area contributed by atoms with E-state index in [1.807, 2.05) is 48.5 Å². The summed E-state index contributed by atoms with van der Waals surface area (Å²) in [6.07, 6.45) is 0. The number of nitrogen functional groups attached to an aromatic ring is 1. The largest absolute Gasteiger partial charge is 0.399 e. The van der Waals surface area contributed by atoms with Crippen LogP contribution in [0, 0.1) is 0 Å². The van der Waals surface area contributed by atoms with Crippen LogP contribution in [-0.2, 0) is 0 Å². The van der Waals surface area contributed by atoms with Gasteiger partial charge in [0.25, 0.3) is 0 Å². The molecule has 0 saturated heterocycles. The fraction of sp³-hybridized carbons (Fsp3) is 0. The number of anilines is 3. The van der Waals surface area contributed by atoms with E-state index in [4.69, 9.17) is 17.3 Å². The molecule has 0 atom stereocenters. The Morgan fingerprint density at radius 3 is 2.33 bits per heavy atom. The predicted octanol–water partition coefficient (Wildman–Crippen LogP) is 3.67. The van der Waals surface area contributed by atoms with Crippen molar-refractivity contribution in [1.82, 2.24) is 0 Å². The van der Waals surface area contributed by atoms with Crippen molar-refractivity contribution in [2.24, 2.45) is 0 Å². The molecule has 76 valence electrons. The third-order valence-corrected chi connectivity index (χ3v) is 2.26. The molecule has 0 unspecified atom stereocenters. The second-order valence-corrected chi connectivity index (χ2v) is 3.69. The van der Waals surface area contributed by atoms with Crippen molar-refractivity contribution in [3.63, 3.8) is 0 Å². The van der Waals surface area contributed by atoms with Crippen LogP contribution in [0.1, 0.15) is 0 Å². The Bertz CT molecular complexity index is 451. The van der Waals surface area contributed by atoms with E-state index in [9.17, 15) is 0 Å². The summed E-state index contributed by atoms with van der Waals surface area (Å²) in [6.45, 7) is 0. The summed E-state index contributed by atoms with van der Waals surface area (Å²) in [5.74, 6) is 0. The molecule has 0 bridgehead atoms. The van der Waals surface area contributed by atoms with Crippen molar-refractivity contribution >= 4 is 28.7 Å². The molecule has 0 aliphatic rings. The Hall–Kier alpha value is -1.67. The lowest BCUT2D eigenvalue weighted by molar-refractivity contribution is 1.55. The molecule has 2 rings (SSSR count). The lowest BCUT2D eigenvalue weighted by atomic mass is 10.2. The molecule has 0 aromatic heterocycles. The number of nitrogens with two attached hydrogens (primary N) is 1. The second-order valence-electron chi connectivity index (χ2n) is 3.26. The van der Waals surface area contributed by atoms with Crippen LogP contribution in [0.3, 0.4) is 0 Å². The van der Waals surface area contributed by atoms with E-state index in [0.29, 0.717) is 0 Å². The normalized spacial score (nSPS) is 9.93. The van der Waals surface area contributed by atoms with Gasteiger partial charge in [0.2, 0.25) is 0 Å². The van der Waals surface area contributed by atoms with E-state index in [2.05, 4.69) is 5.32 Å². The van der Waals surface area contributed by atoms with Gasteiger partial charge in [-0.05, 0) is 42.5 Å². The molecule has 3 N–H and O–H groups in total. The van der Waals surface area contributed by atoms with Gasteiger partial charge in [-0.3, -0.25) is 0 Å². The molecule has 0 heterocycles. The maximum atomic E-state index is 5.88. The standard InChI is InChI=1S/C12H11ClN2/c13-9-2-1-3-12(8-9)15-11-6-4-10(14)5-7-11/h1-8,15H,14H2. The van der Waals surface area contributed by atoms with E-state index in [-0.39, 0.29) is 0 Å². The molecule has 0 saturated carbocycles. The summed E-state index contributed by atoms with van der Waals surface area (Å²) in [7, 11) is 0. The highest BCUT2D eigenvalue weighted by Crippen LogP contribution is 2.20. The van der Waals surface area contributed by atoms with Gasteiger partial charge < -0.3 is 11.1 Å². The van der Waals surface area contributed by atoms with Crippen LogP contribution in [0.4, 0.5) is 17.1 Å². The topological polar surface area (TPSA) is 38.0 Å². The van der Waals surface area contributed by atoms with E-state index in [1.54, 1.807) is 0 Å². The van der Waals surface area contributed by atoms with Gasteiger partial charge >= 0.3 is 0 Å². The number of hydrogen-bond acceptors (Lipinski definition) is 2. The zero-order chi connectivity index (χ0) is 10.7. The zero-order valence-corrected chi connectivity index (χ0v) is 8.83. The van der Waals surface area contributed by atoms with Crippen LogP contribution < -0.4 is 11.1 Å². The maximum absolute atomic E-state index is 5.88. The Morgan fingerprint density at radius 2 is 1.67 bits per heavy atom. The highest BCUT2D eigenvalue weighted by molar-refractivity contribution is 6.30. The number of hydrogen-bond donors (Lipinski definition) is 2. The minimum atomic E-state index is 0.718. The molecule has 15 heavy (non-hydrogen) atoms. The summed E-state index contributed by atoms with van der Waals surface area (Å²) in [4.78, 5) is 0.